The molecule has 1 fully saturated rings. The van der Waals surface area contributed by atoms with Gasteiger partial charge in [-0.1, -0.05) is 6.07 Å². The van der Waals surface area contributed by atoms with E-state index in [-0.39, 0.29) is 23.6 Å². The Morgan fingerprint density at radius 2 is 1.87 bits per heavy atom. The van der Waals surface area contributed by atoms with Crippen LogP contribution in [0, 0.1) is 0 Å². The Bertz CT molecular complexity index is 942. The van der Waals surface area contributed by atoms with Gasteiger partial charge in [0.15, 0.2) is 6.61 Å². The third kappa shape index (κ3) is 5.49. The summed E-state index contributed by atoms with van der Waals surface area (Å²) in [5, 5.41) is 2.32. The first kappa shape index (κ1) is 21.2. The van der Waals surface area contributed by atoms with E-state index in [9.17, 15) is 27.6 Å². The fourth-order valence-corrected chi connectivity index (χ4v) is 2.59. The Kier molecular flexibility index (Phi) is 6.24. The molecule has 1 heterocycles. The summed E-state index contributed by atoms with van der Waals surface area (Å²) in [5.41, 5.74) is -0.716. The van der Waals surface area contributed by atoms with E-state index in [1.807, 2.05) is 0 Å². The monoisotopic (exact) mass is 423 g/mol. The van der Waals surface area contributed by atoms with Gasteiger partial charge < -0.3 is 19.5 Å². The first-order chi connectivity index (χ1) is 14.2. The van der Waals surface area contributed by atoms with Crippen molar-refractivity contribution in [1.82, 2.24) is 0 Å². The summed E-state index contributed by atoms with van der Waals surface area (Å²) in [7, 11) is 0. The molecule has 1 atom stereocenters. The second kappa shape index (κ2) is 8.85. The van der Waals surface area contributed by atoms with Crippen molar-refractivity contribution in [3.63, 3.8) is 0 Å². The summed E-state index contributed by atoms with van der Waals surface area (Å²) >= 11 is 0. The van der Waals surface area contributed by atoms with Crippen molar-refractivity contribution in [3.8, 4) is 5.75 Å². The molecular weight excluding hydrogens is 407 g/mol. The number of nitrogens with one attached hydrogen (secondary N) is 1. The van der Waals surface area contributed by atoms with Gasteiger partial charge in [0.1, 0.15) is 5.75 Å². The van der Waals surface area contributed by atoms with Crippen LogP contribution in [0.4, 0.5) is 18.9 Å². The van der Waals surface area contributed by atoms with Gasteiger partial charge in [-0.15, -0.1) is 0 Å². The highest BCUT2D eigenvalue weighted by molar-refractivity contribution is 5.92. The molecule has 0 bridgehead atoms. The summed E-state index contributed by atoms with van der Waals surface area (Å²) in [6.45, 7) is -0.250. The predicted octanol–water partition coefficient (Wildman–Crippen LogP) is 3.20. The Balaban J connectivity index is 1.50. The zero-order valence-corrected chi connectivity index (χ0v) is 15.4. The van der Waals surface area contributed by atoms with E-state index in [4.69, 9.17) is 14.2 Å². The predicted molar refractivity (Wildman–Crippen MR) is 96.8 cm³/mol. The quantitative estimate of drug-likeness (QED) is 0.718. The number of ether oxygens (including phenoxy) is 3. The minimum Gasteiger partial charge on any atom is -0.484 e. The highest BCUT2D eigenvalue weighted by Crippen LogP contribution is 2.30. The summed E-state index contributed by atoms with van der Waals surface area (Å²) in [6.07, 6.45) is -5.14. The van der Waals surface area contributed by atoms with E-state index in [0.29, 0.717) is 6.42 Å². The molecule has 0 aromatic heterocycles. The van der Waals surface area contributed by atoms with Crippen LogP contribution in [0.5, 0.6) is 5.75 Å². The molecule has 0 unspecified atom stereocenters. The number of alkyl halides is 3. The molecule has 1 amide bonds. The van der Waals surface area contributed by atoms with Crippen LogP contribution >= 0.6 is 0 Å². The number of rotatable bonds is 6. The summed E-state index contributed by atoms with van der Waals surface area (Å²) < 4.78 is 53.1. The van der Waals surface area contributed by atoms with E-state index in [1.165, 1.54) is 36.4 Å². The molecule has 0 aliphatic carbocycles. The van der Waals surface area contributed by atoms with Crippen molar-refractivity contribution in [2.24, 2.45) is 0 Å². The maximum absolute atomic E-state index is 12.7. The molecular formula is C20H16F3NO6. The van der Waals surface area contributed by atoms with Gasteiger partial charge in [0.2, 0.25) is 6.10 Å². The average molecular weight is 423 g/mol. The molecule has 0 spiro atoms. The number of anilines is 1. The lowest BCUT2D eigenvalue weighted by Crippen LogP contribution is -2.22. The lowest BCUT2D eigenvalue weighted by molar-refractivity contribution is -0.145. The molecule has 1 saturated heterocycles. The zero-order chi connectivity index (χ0) is 21.7. The molecule has 0 saturated carbocycles. The SMILES string of the molecule is O=C(COc1ccc(C(=O)O[C@H]2CCOC2=O)cc1)Nc1cccc(C(F)(F)F)c1. The Hall–Kier alpha value is -3.56. The van der Waals surface area contributed by atoms with Crippen molar-refractivity contribution >= 4 is 23.5 Å². The number of carbonyl (C=O) groups is 3. The highest BCUT2D eigenvalue weighted by Gasteiger charge is 2.31. The van der Waals surface area contributed by atoms with Crippen LogP contribution in [0.2, 0.25) is 0 Å². The van der Waals surface area contributed by atoms with Crippen LogP contribution in [0.1, 0.15) is 22.3 Å². The molecule has 3 rings (SSSR count). The maximum Gasteiger partial charge on any atom is 0.416 e. The van der Waals surface area contributed by atoms with Crippen LogP contribution in [-0.2, 0) is 25.2 Å². The number of hydrogen-bond donors (Lipinski definition) is 1. The Morgan fingerprint density at radius 3 is 2.50 bits per heavy atom. The number of carbonyl (C=O) groups excluding carboxylic acids is 3. The minimum atomic E-state index is -4.52. The van der Waals surface area contributed by atoms with Gasteiger partial charge in [0.05, 0.1) is 17.7 Å². The van der Waals surface area contributed by atoms with Gasteiger partial charge in [-0.05, 0) is 42.5 Å². The summed E-state index contributed by atoms with van der Waals surface area (Å²) in [4.78, 5) is 35.3. The highest BCUT2D eigenvalue weighted by atomic mass is 19.4. The van der Waals surface area contributed by atoms with Crippen LogP contribution in [0.25, 0.3) is 0 Å². The third-order valence-electron chi connectivity index (χ3n) is 4.07. The number of halogens is 3. The van der Waals surface area contributed by atoms with Gasteiger partial charge in [0.25, 0.3) is 5.91 Å². The van der Waals surface area contributed by atoms with Crippen molar-refractivity contribution in [2.75, 3.05) is 18.5 Å². The molecule has 7 nitrogen and oxygen atoms in total. The molecule has 10 heteroatoms. The lowest BCUT2D eigenvalue weighted by Gasteiger charge is -2.11. The fraction of sp³-hybridized carbons (Fsp3) is 0.250. The Labute approximate surface area is 168 Å². The van der Waals surface area contributed by atoms with E-state index in [0.717, 1.165) is 12.1 Å². The molecule has 2 aromatic carbocycles. The van der Waals surface area contributed by atoms with Crippen molar-refractivity contribution in [3.05, 3.63) is 59.7 Å². The molecule has 158 valence electrons. The number of benzene rings is 2. The van der Waals surface area contributed by atoms with E-state index in [2.05, 4.69) is 5.32 Å². The molecule has 1 aliphatic rings. The maximum atomic E-state index is 12.7. The van der Waals surface area contributed by atoms with Gasteiger partial charge in [0, 0.05) is 12.1 Å². The van der Waals surface area contributed by atoms with Gasteiger partial charge >= 0.3 is 18.1 Å². The molecule has 1 aliphatic heterocycles. The molecule has 30 heavy (non-hydrogen) atoms. The lowest BCUT2D eigenvalue weighted by atomic mass is 10.2. The second-order valence-corrected chi connectivity index (χ2v) is 6.29. The number of hydrogen-bond acceptors (Lipinski definition) is 6. The average Bonchev–Trinajstić information content (AvgIpc) is 3.11. The molecule has 1 N–H and O–H groups in total. The van der Waals surface area contributed by atoms with Crippen molar-refractivity contribution in [2.45, 2.75) is 18.7 Å². The zero-order valence-electron chi connectivity index (χ0n) is 15.4. The van der Waals surface area contributed by atoms with Crippen molar-refractivity contribution in [1.29, 1.82) is 0 Å². The van der Waals surface area contributed by atoms with Crippen molar-refractivity contribution < 1.29 is 41.8 Å². The summed E-state index contributed by atoms with van der Waals surface area (Å²) in [5.74, 6) is -1.69. The standard InChI is InChI=1S/C20H16F3NO6/c21-20(22,23)13-2-1-3-14(10-13)24-17(25)11-29-15-6-4-12(5-7-15)18(26)30-16-8-9-28-19(16)27/h1-7,10,16H,8-9,11H2,(H,24,25)/t16-/m0/s1. The van der Waals surface area contributed by atoms with Crippen LogP contribution in [0.15, 0.2) is 48.5 Å². The largest absolute Gasteiger partial charge is 0.484 e. The first-order valence-electron chi connectivity index (χ1n) is 8.80. The van der Waals surface area contributed by atoms with Crippen LogP contribution in [-0.4, -0.2) is 37.2 Å². The first-order valence-corrected chi connectivity index (χ1v) is 8.80. The Morgan fingerprint density at radius 1 is 1.13 bits per heavy atom. The topological polar surface area (TPSA) is 90.9 Å². The minimum absolute atomic E-state index is 0.0121. The smallest absolute Gasteiger partial charge is 0.416 e. The number of esters is 2. The number of cyclic esters (lactones) is 1. The van der Waals surface area contributed by atoms with Gasteiger partial charge in [-0.25, -0.2) is 9.59 Å². The van der Waals surface area contributed by atoms with E-state index >= 15 is 0 Å². The molecule has 2 aromatic rings. The fourth-order valence-electron chi connectivity index (χ4n) is 2.59. The van der Waals surface area contributed by atoms with Gasteiger partial charge in [-0.2, -0.15) is 13.2 Å². The van der Waals surface area contributed by atoms with E-state index < -0.39 is 42.3 Å². The summed E-state index contributed by atoms with van der Waals surface area (Å²) in [6, 6.07) is 9.84. The van der Waals surface area contributed by atoms with Crippen LogP contribution < -0.4 is 10.1 Å². The van der Waals surface area contributed by atoms with Crippen LogP contribution in [0.3, 0.4) is 0 Å². The van der Waals surface area contributed by atoms with Gasteiger partial charge in [-0.3, -0.25) is 4.79 Å². The second-order valence-electron chi connectivity index (χ2n) is 6.29. The normalized spacial score (nSPS) is 16.0. The third-order valence-corrected chi connectivity index (χ3v) is 4.07. The molecule has 0 radical (unpaired) electrons. The van der Waals surface area contributed by atoms with E-state index in [1.54, 1.807) is 0 Å². The number of amides is 1.